The summed E-state index contributed by atoms with van der Waals surface area (Å²) in [6.07, 6.45) is 4.74. The van der Waals surface area contributed by atoms with Crippen LogP contribution in [0, 0.1) is 0 Å². The summed E-state index contributed by atoms with van der Waals surface area (Å²) in [6.45, 7) is 0. The van der Waals surface area contributed by atoms with Crippen LogP contribution in [0.3, 0.4) is 0 Å². The Labute approximate surface area is 131 Å². The molecule has 2 heterocycles. The Bertz CT molecular complexity index is 790. The first-order chi connectivity index (χ1) is 10.7. The highest BCUT2D eigenvalue weighted by molar-refractivity contribution is 6.30. The summed E-state index contributed by atoms with van der Waals surface area (Å²) >= 11 is 5.86. The Morgan fingerprint density at radius 1 is 1.14 bits per heavy atom. The minimum Gasteiger partial charge on any atom is -0.308 e. The first-order valence-corrected chi connectivity index (χ1v) is 6.74. The predicted molar refractivity (Wildman–Crippen MR) is 83.2 cm³/mol. The zero-order chi connectivity index (χ0) is 15.4. The summed E-state index contributed by atoms with van der Waals surface area (Å²) in [4.78, 5) is 20.0. The molecule has 22 heavy (non-hydrogen) atoms. The van der Waals surface area contributed by atoms with E-state index in [1.54, 1.807) is 53.5 Å². The summed E-state index contributed by atoms with van der Waals surface area (Å²) < 4.78 is 1.57. The molecule has 0 unspecified atom stereocenters. The Hall–Kier alpha value is -2.93. The normalized spacial score (nSPS) is 10.2. The number of nitrogens with one attached hydrogen (secondary N) is 2. The van der Waals surface area contributed by atoms with Gasteiger partial charge in [0.25, 0.3) is 0 Å². The van der Waals surface area contributed by atoms with Crippen molar-refractivity contribution in [1.29, 1.82) is 0 Å². The number of hydrogen-bond acceptors (Lipinski definition) is 4. The van der Waals surface area contributed by atoms with Crippen molar-refractivity contribution in [1.82, 2.24) is 19.7 Å². The van der Waals surface area contributed by atoms with Gasteiger partial charge in [-0.25, -0.2) is 19.4 Å². The van der Waals surface area contributed by atoms with Crippen LogP contribution in [0.2, 0.25) is 5.02 Å². The van der Waals surface area contributed by atoms with Gasteiger partial charge in [0.05, 0.1) is 0 Å². The smallest absolute Gasteiger partial charge is 0.308 e. The second kappa shape index (κ2) is 6.23. The van der Waals surface area contributed by atoms with E-state index >= 15 is 0 Å². The Morgan fingerprint density at radius 3 is 2.82 bits per heavy atom. The molecule has 1 aromatic carbocycles. The van der Waals surface area contributed by atoms with E-state index in [-0.39, 0.29) is 0 Å². The molecular weight excluding hydrogens is 304 g/mol. The van der Waals surface area contributed by atoms with E-state index in [1.165, 1.54) is 6.33 Å². The van der Waals surface area contributed by atoms with Crippen molar-refractivity contribution >= 4 is 29.1 Å². The number of hydrogen-bond donors (Lipinski definition) is 2. The van der Waals surface area contributed by atoms with Crippen molar-refractivity contribution in [3.05, 3.63) is 60.1 Å². The van der Waals surface area contributed by atoms with Crippen LogP contribution in [-0.2, 0) is 0 Å². The number of benzene rings is 1. The molecule has 0 aliphatic rings. The standard InChI is InChI=1S/C14H11ClN6O/c15-10-3-1-4-11(7-10)19-14(22)20-12-8-13(17-9-16-12)21-6-2-5-18-21/h1-9H,(H2,16,17,19,20,22). The fraction of sp³-hybridized carbons (Fsp3) is 0. The lowest BCUT2D eigenvalue weighted by Gasteiger charge is -2.08. The third-order valence-corrected chi connectivity index (χ3v) is 2.95. The zero-order valence-electron chi connectivity index (χ0n) is 11.3. The van der Waals surface area contributed by atoms with Crippen LogP contribution in [0.25, 0.3) is 5.82 Å². The van der Waals surface area contributed by atoms with Crippen LogP contribution >= 0.6 is 11.6 Å². The van der Waals surface area contributed by atoms with Crippen molar-refractivity contribution in [3.8, 4) is 5.82 Å². The fourth-order valence-electron chi connectivity index (χ4n) is 1.79. The lowest BCUT2D eigenvalue weighted by atomic mass is 10.3. The molecule has 0 saturated heterocycles. The second-order valence-electron chi connectivity index (χ2n) is 4.30. The van der Waals surface area contributed by atoms with E-state index in [9.17, 15) is 4.79 Å². The molecule has 0 saturated carbocycles. The van der Waals surface area contributed by atoms with Crippen molar-refractivity contribution in [2.45, 2.75) is 0 Å². The SMILES string of the molecule is O=C(Nc1cccc(Cl)c1)Nc1cc(-n2cccn2)ncn1. The first-order valence-electron chi connectivity index (χ1n) is 6.36. The van der Waals surface area contributed by atoms with Crippen molar-refractivity contribution in [3.63, 3.8) is 0 Å². The molecule has 8 heteroatoms. The van der Waals surface area contributed by atoms with E-state index in [2.05, 4.69) is 25.7 Å². The molecule has 3 aromatic rings. The highest BCUT2D eigenvalue weighted by Crippen LogP contribution is 2.15. The Morgan fingerprint density at radius 2 is 2.05 bits per heavy atom. The number of anilines is 2. The molecule has 110 valence electrons. The molecule has 3 rings (SSSR count). The average Bonchev–Trinajstić information content (AvgIpc) is 3.01. The van der Waals surface area contributed by atoms with Gasteiger partial charge in [0.1, 0.15) is 12.1 Å². The lowest BCUT2D eigenvalue weighted by molar-refractivity contribution is 0.262. The predicted octanol–water partition coefficient (Wildman–Crippen LogP) is 2.96. The molecule has 0 aliphatic carbocycles. The Kier molecular flexibility index (Phi) is 3.97. The maximum absolute atomic E-state index is 11.9. The Balaban J connectivity index is 1.70. The summed E-state index contributed by atoms with van der Waals surface area (Å²) in [5, 5.41) is 9.90. The molecule has 0 fully saturated rings. The van der Waals surface area contributed by atoms with Gasteiger partial charge in [0, 0.05) is 29.2 Å². The third kappa shape index (κ3) is 3.39. The number of halogens is 1. The van der Waals surface area contributed by atoms with Gasteiger partial charge in [-0.1, -0.05) is 17.7 Å². The number of carbonyl (C=O) groups is 1. The molecular formula is C14H11ClN6O. The van der Waals surface area contributed by atoms with Gasteiger partial charge in [0.15, 0.2) is 5.82 Å². The van der Waals surface area contributed by atoms with Crippen molar-refractivity contribution < 1.29 is 4.79 Å². The van der Waals surface area contributed by atoms with Crippen LogP contribution in [0.1, 0.15) is 0 Å². The van der Waals surface area contributed by atoms with Gasteiger partial charge in [-0.2, -0.15) is 5.10 Å². The highest BCUT2D eigenvalue weighted by Gasteiger charge is 2.06. The lowest BCUT2D eigenvalue weighted by Crippen LogP contribution is -2.20. The highest BCUT2D eigenvalue weighted by atomic mass is 35.5. The molecule has 2 aromatic heterocycles. The van der Waals surface area contributed by atoms with E-state index < -0.39 is 6.03 Å². The van der Waals surface area contributed by atoms with E-state index in [1.807, 2.05) is 0 Å². The van der Waals surface area contributed by atoms with E-state index in [0.717, 1.165) is 0 Å². The van der Waals surface area contributed by atoms with E-state index in [0.29, 0.717) is 22.3 Å². The third-order valence-electron chi connectivity index (χ3n) is 2.72. The van der Waals surface area contributed by atoms with Crippen molar-refractivity contribution in [2.24, 2.45) is 0 Å². The minimum atomic E-state index is -0.424. The molecule has 0 spiro atoms. The van der Waals surface area contributed by atoms with Gasteiger partial charge in [-0.05, 0) is 24.3 Å². The molecule has 2 N–H and O–H groups in total. The van der Waals surface area contributed by atoms with Gasteiger partial charge in [-0.3, -0.25) is 5.32 Å². The number of urea groups is 1. The quantitative estimate of drug-likeness (QED) is 0.778. The second-order valence-corrected chi connectivity index (χ2v) is 4.74. The van der Waals surface area contributed by atoms with Gasteiger partial charge >= 0.3 is 6.03 Å². The molecule has 7 nitrogen and oxygen atoms in total. The number of rotatable bonds is 3. The monoisotopic (exact) mass is 314 g/mol. The summed E-state index contributed by atoms with van der Waals surface area (Å²) in [5.41, 5.74) is 0.589. The average molecular weight is 315 g/mol. The van der Waals surface area contributed by atoms with E-state index in [4.69, 9.17) is 11.6 Å². The largest absolute Gasteiger partial charge is 0.324 e. The topological polar surface area (TPSA) is 84.7 Å². The maximum Gasteiger partial charge on any atom is 0.324 e. The van der Waals surface area contributed by atoms with Gasteiger partial charge in [-0.15, -0.1) is 0 Å². The summed E-state index contributed by atoms with van der Waals surface area (Å²) in [5.74, 6) is 0.915. The van der Waals surface area contributed by atoms with Crippen LogP contribution in [0.15, 0.2) is 55.1 Å². The zero-order valence-corrected chi connectivity index (χ0v) is 12.0. The van der Waals surface area contributed by atoms with Crippen LogP contribution < -0.4 is 10.6 Å². The van der Waals surface area contributed by atoms with Crippen LogP contribution in [0.4, 0.5) is 16.3 Å². The number of nitrogens with zero attached hydrogens (tertiary/aromatic N) is 4. The number of amides is 2. The van der Waals surface area contributed by atoms with Crippen LogP contribution in [0.5, 0.6) is 0 Å². The number of aromatic nitrogens is 4. The first kappa shape index (κ1) is 14.0. The van der Waals surface area contributed by atoms with Gasteiger partial charge in [0.2, 0.25) is 0 Å². The fourth-order valence-corrected chi connectivity index (χ4v) is 1.98. The summed E-state index contributed by atoms with van der Waals surface area (Å²) in [7, 11) is 0. The molecule has 0 aliphatic heterocycles. The molecule has 0 radical (unpaired) electrons. The maximum atomic E-state index is 11.9. The number of carbonyl (C=O) groups excluding carboxylic acids is 1. The summed E-state index contributed by atoms with van der Waals surface area (Å²) in [6, 6.07) is 9.83. The minimum absolute atomic E-state index is 0.361. The van der Waals surface area contributed by atoms with Crippen molar-refractivity contribution in [2.75, 3.05) is 10.6 Å². The molecule has 0 bridgehead atoms. The van der Waals surface area contributed by atoms with Gasteiger partial charge < -0.3 is 5.32 Å². The van der Waals surface area contributed by atoms with Crippen LogP contribution in [-0.4, -0.2) is 25.8 Å². The molecule has 0 atom stereocenters. The molecule has 2 amide bonds.